The van der Waals surface area contributed by atoms with Crippen molar-refractivity contribution in [1.82, 2.24) is 9.38 Å². The monoisotopic (exact) mass is 407 g/mol. The third-order valence-electron chi connectivity index (χ3n) is 3.07. The van der Waals surface area contributed by atoms with E-state index in [4.69, 9.17) is 11.5 Å². The molecule has 122 valence electrons. The average Bonchev–Trinajstić information content (AvgIpc) is 3.09. The van der Waals surface area contributed by atoms with Crippen LogP contribution in [0.5, 0.6) is 0 Å². The summed E-state index contributed by atoms with van der Waals surface area (Å²) in [6, 6.07) is 4.80. The maximum Gasteiger partial charge on any atom is 0.284 e. The normalized spacial score (nSPS) is 11.2. The number of aromatic nitrogens is 2. The Balaban J connectivity index is 2.17. The highest BCUT2D eigenvalue weighted by molar-refractivity contribution is 9.10. The van der Waals surface area contributed by atoms with Gasteiger partial charge in [-0.15, -0.1) is 16.4 Å². The average molecular weight is 408 g/mol. The molecule has 0 atom stereocenters. The Morgan fingerprint density at radius 2 is 2.25 bits per heavy atom. The van der Waals surface area contributed by atoms with Crippen molar-refractivity contribution in [2.24, 2.45) is 21.7 Å². The summed E-state index contributed by atoms with van der Waals surface area (Å²) >= 11 is 4.60. The number of halogens is 1. The van der Waals surface area contributed by atoms with Crippen molar-refractivity contribution < 1.29 is 4.92 Å². The second kappa shape index (κ2) is 6.37. The van der Waals surface area contributed by atoms with Gasteiger partial charge in [0.1, 0.15) is 0 Å². The molecular formula is C13H10BrN7O2S. The van der Waals surface area contributed by atoms with Crippen molar-refractivity contribution in [3.63, 3.8) is 0 Å². The first-order valence-electron chi connectivity index (χ1n) is 6.49. The van der Waals surface area contributed by atoms with Gasteiger partial charge in [-0.25, -0.2) is 4.98 Å². The molecule has 0 fully saturated rings. The van der Waals surface area contributed by atoms with Crippen molar-refractivity contribution in [2.75, 3.05) is 0 Å². The maximum absolute atomic E-state index is 11.1. The Bertz CT molecular complexity index is 988. The van der Waals surface area contributed by atoms with E-state index in [1.165, 1.54) is 23.6 Å². The van der Waals surface area contributed by atoms with Gasteiger partial charge in [-0.3, -0.25) is 14.5 Å². The minimum atomic E-state index is -0.459. The van der Waals surface area contributed by atoms with Crippen LogP contribution in [0.15, 0.2) is 44.5 Å². The number of hydrogen-bond acceptors (Lipinski definition) is 6. The number of thiazole rings is 1. The number of fused-ring (bicyclic) bond motifs is 1. The van der Waals surface area contributed by atoms with E-state index >= 15 is 0 Å². The van der Waals surface area contributed by atoms with Gasteiger partial charge >= 0.3 is 0 Å². The molecule has 0 bridgehead atoms. The van der Waals surface area contributed by atoms with Gasteiger partial charge in [-0.2, -0.15) is 5.10 Å². The second-order valence-electron chi connectivity index (χ2n) is 4.59. The van der Waals surface area contributed by atoms with Gasteiger partial charge in [0.2, 0.25) is 5.96 Å². The van der Waals surface area contributed by atoms with Crippen LogP contribution in [0, 0.1) is 10.1 Å². The number of hydrogen-bond donors (Lipinski definition) is 2. The highest BCUT2D eigenvalue weighted by atomic mass is 79.9. The summed E-state index contributed by atoms with van der Waals surface area (Å²) in [6.45, 7) is 0. The van der Waals surface area contributed by atoms with E-state index < -0.39 is 4.92 Å². The van der Waals surface area contributed by atoms with Crippen LogP contribution in [-0.2, 0) is 0 Å². The Morgan fingerprint density at radius 1 is 1.46 bits per heavy atom. The van der Waals surface area contributed by atoms with Crippen LogP contribution < -0.4 is 11.5 Å². The fourth-order valence-electron chi connectivity index (χ4n) is 2.09. The summed E-state index contributed by atoms with van der Waals surface area (Å²) in [5.41, 5.74) is 12.2. The van der Waals surface area contributed by atoms with Crippen molar-refractivity contribution in [3.05, 3.63) is 50.1 Å². The summed E-state index contributed by atoms with van der Waals surface area (Å²) in [5.74, 6) is -0.168. The van der Waals surface area contributed by atoms with Gasteiger partial charge in [-0.05, 0) is 22.0 Å². The highest BCUT2D eigenvalue weighted by Gasteiger charge is 2.18. The van der Waals surface area contributed by atoms with Gasteiger partial charge in [0.25, 0.3) is 5.69 Å². The third-order valence-corrected chi connectivity index (χ3v) is 4.50. The number of imidazole rings is 1. The Hall–Kier alpha value is -2.79. The maximum atomic E-state index is 11.1. The molecule has 4 N–H and O–H groups in total. The van der Waals surface area contributed by atoms with Gasteiger partial charge in [-0.1, -0.05) is 6.07 Å². The zero-order valence-corrected chi connectivity index (χ0v) is 14.4. The predicted octanol–water partition coefficient (Wildman–Crippen LogP) is 2.34. The van der Waals surface area contributed by atoms with E-state index in [1.807, 2.05) is 11.6 Å². The van der Waals surface area contributed by atoms with Crippen LogP contribution in [0.4, 0.5) is 5.69 Å². The molecule has 0 saturated heterocycles. The van der Waals surface area contributed by atoms with Gasteiger partial charge in [0.15, 0.2) is 4.96 Å². The summed E-state index contributed by atoms with van der Waals surface area (Å²) in [7, 11) is 0. The standard InChI is InChI=1S/C13H10BrN7O2S/c14-8-2-1-7(5-9(8)21(22)23)11-10(6-17-19-12(15)16)20-3-4-24-13(20)18-11/h1-6H,(H4,15,16,19)/b17-6+. The van der Waals surface area contributed by atoms with Crippen molar-refractivity contribution in [1.29, 1.82) is 0 Å². The molecule has 9 nitrogen and oxygen atoms in total. The SMILES string of the molecule is NC(N)=N/N=C/c1c(-c2ccc(Br)c([N+](=O)[O-])c2)nc2sccn12. The summed E-state index contributed by atoms with van der Waals surface area (Å²) < 4.78 is 2.20. The zero-order valence-electron chi connectivity index (χ0n) is 12.0. The topological polar surface area (TPSA) is 137 Å². The quantitative estimate of drug-likeness (QED) is 0.295. The lowest BCUT2D eigenvalue weighted by molar-refractivity contribution is -0.385. The van der Waals surface area contributed by atoms with Crippen LogP contribution in [0.3, 0.4) is 0 Å². The summed E-state index contributed by atoms with van der Waals surface area (Å²) in [4.78, 5) is 15.9. The summed E-state index contributed by atoms with van der Waals surface area (Å²) in [6.07, 6.45) is 3.27. The predicted molar refractivity (Wildman–Crippen MR) is 96.3 cm³/mol. The highest BCUT2D eigenvalue weighted by Crippen LogP contribution is 2.32. The molecule has 0 aliphatic rings. The lowest BCUT2D eigenvalue weighted by atomic mass is 10.1. The van der Waals surface area contributed by atoms with E-state index in [9.17, 15) is 10.1 Å². The van der Waals surface area contributed by atoms with Crippen LogP contribution in [0.1, 0.15) is 5.69 Å². The second-order valence-corrected chi connectivity index (χ2v) is 6.32. The molecule has 0 unspecified atom stereocenters. The van der Waals surface area contributed by atoms with Crippen molar-refractivity contribution in [3.8, 4) is 11.3 Å². The van der Waals surface area contributed by atoms with Gasteiger partial charge in [0, 0.05) is 23.2 Å². The van der Waals surface area contributed by atoms with E-state index in [-0.39, 0.29) is 11.6 Å². The molecule has 3 rings (SSSR count). The van der Waals surface area contributed by atoms with Gasteiger partial charge in [0.05, 0.1) is 27.0 Å². The number of nitrogens with zero attached hydrogens (tertiary/aromatic N) is 5. The Morgan fingerprint density at radius 3 is 2.96 bits per heavy atom. The van der Waals surface area contributed by atoms with Crippen LogP contribution >= 0.6 is 27.3 Å². The molecule has 0 spiro atoms. The molecule has 11 heteroatoms. The molecule has 3 aromatic rings. The molecule has 1 aromatic carbocycles. The zero-order chi connectivity index (χ0) is 17.3. The van der Waals surface area contributed by atoms with Crippen molar-refractivity contribution in [2.45, 2.75) is 0 Å². The smallest absolute Gasteiger partial charge is 0.284 e. The van der Waals surface area contributed by atoms with E-state index in [1.54, 1.807) is 16.5 Å². The first kappa shape index (κ1) is 16.1. The lowest BCUT2D eigenvalue weighted by Crippen LogP contribution is -2.21. The fourth-order valence-corrected chi connectivity index (χ4v) is 3.20. The van der Waals surface area contributed by atoms with E-state index in [2.05, 4.69) is 31.1 Å². The minimum Gasteiger partial charge on any atom is -0.369 e. The van der Waals surface area contributed by atoms with Gasteiger partial charge < -0.3 is 11.5 Å². The first-order chi connectivity index (χ1) is 11.5. The molecular weight excluding hydrogens is 398 g/mol. The molecule has 2 aromatic heterocycles. The molecule has 0 aliphatic carbocycles. The molecule has 24 heavy (non-hydrogen) atoms. The molecule has 0 radical (unpaired) electrons. The molecule has 2 heterocycles. The number of nitro benzene ring substituents is 1. The van der Waals surface area contributed by atoms with Crippen LogP contribution in [0.25, 0.3) is 16.2 Å². The first-order valence-corrected chi connectivity index (χ1v) is 8.16. The fraction of sp³-hybridized carbons (Fsp3) is 0. The molecule has 0 amide bonds. The van der Waals surface area contributed by atoms with Crippen LogP contribution in [0.2, 0.25) is 0 Å². The number of nitro groups is 1. The molecule has 0 saturated carbocycles. The number of rotatable bonds is 4. The van der Waals surface area contributed by atoms with Crippen molar-refractivity contribution >= 4 is 50.1 Å². The largest absolute Gasteiger partial charge is 0.369 e. The lowest BCUT2D eigenvalue weighted by Gasteiger charge is -2.01. The Kier molecular flexibility index (Phi) is 4.27. The Labute approximate surface area is 147 Å². The van der Waals surface area contributed by atoms with E-state index in [0.717, 1.165) is 4.96 Å². The number of guanidine groups is 1. The number of nitrogens with two attached hydrogens (primary N) is 2. The third kappa shape index (κ3) is 2.98. The van der Waals surface area contributed by atoms with E-state index in [0.29, 0.717) is 21.4 Å². The number of benzene rings is 1. The van der Waals surface area contributed by atoms with Crippen LogP contribution in [-0.4, -0.2) is 26.5 Å². The molecule has 0 aliphatic heterocycles. The summed E-state index contributed by atoms with van der Waals surface area (Å²) in [5, 5.41) is 20.4. The minimum absolute atomic E-state index is 0.0454.